The number of hydrogen-bond acceptors (Lipinski definition) is 4. The quantitative estimate of drug-likeness (QED) is 0.719. The molecule has 0 aromatic heterocycles. The summed E-state index contributed by atoms with van der Waals surface area (Å²) in [5.41, 5.74) is 2.04. The number of rotatable bonds is 0. The van der Waals surface area contributed by atoms with Crippen LogP contribution in [-0.2, 0) is 4.79 Å². The highest BCUT2D eigenvalue weighted by Crippen LogP contribution is 2.44. The number of carbonyl (C=O) groups excluding carboxylic acids is 1. The first-order valence-corrected chi connectivity index (χ1v) is 6.80. The molecule has 4 nitrogen and oxygen atoms in total. The van der Waals surface area contributed by atoms with Crippen LogP contribution in [0.25, 0.3) is 0 Å². The standard InChI is InChI=1S/C13H15N3OS/c1-8-14-12-13(18-8)16(9(2)17)11-7-5-4-6-10(11)15(12)3/h4-7,12-13H,1-3H3/t12-,13-/m1/s1. The summed E-state index contributed by atoms with van der Waals surface area (Å²) in [5, 5.41) is 1.10. The summed E-state index contributed by atoms with van der Waals surface area (Å²) in [6, 6.07) is 8.00. The molecule has 0 saturated carbocycles. The monoisotopic (exact) mass is 261 g/mol. The number of thioether (sulfide) groups is 1. The molecule has 0 saturated heterocycles. The topological polar surface area (TPSA) is 35.9 Å². The summed E-state index contributed by atoms with van der Waals surface area (Å²) in [7, 11) is 2.04. The summed E-state index contributed by atoms with van der Waals surface area (Å²) >= 11 is 1.67. The lowest BCUT2D eigenvalue weighted by Gasteiger charge is -2.42. The SMILES string of the molecule is CC(=O)N1c2ccccc2N(C)[C@H]2N=C(C)S[C@H]21. The van der Waals surface area contributed by atoms with Gasteiger partial charge in [0.2, 0.25) is 5.91 Å². The zero-order chi connectivity index (χ0) is 12.9. The highest BCUT2D eigenvalue weighted by atomic mass is 32.2. The van der Waals surface area contributed by atoms with Gasteiger partial charge in [-0.25, -0.2) is 0 Å². The van der Waals surface area contributed by atoms with E-state index in [1.54, 1.807) is 18.7 Å². The second-order valence-corrected chi connectivity index (χ2v) is 5.87. The molecule has 0 radical (unpaired) electrons. The summed E-state index contributed by atoms with van der Waals surface area (Å²) in [5.74, 6) is 0.0722. The van der Waals surface area contributed by atoms with Gasteiger partial charge in [0, 0.05) is 14.0 Å². The molecule has 5 heteroatoms. The third-order valence-corrected chi connectivity index (χ3v) is 4.51. The van der Waals surface area contributed by atoms with Crippen molar-refractivity contribution in [1.82, 2.24) is 0 Å². The van der Waals surface area contributed by atoms with Crippen molar-refractivity contribution in [1.29, 1.82) is 0 Å². The Hall–Kier alpha value is -1.49. The number of likely N-dealkylation sites (N-methyl/N-ethyl adjacent to an activating group) is 1. The fourth-order valence-electron chi connectivity index (χ4n) is 2.57. The third kappa shape index (κ3) is 1.54. The molecule has 0 unspecified atom stereocenters. The molecular formula is C13H15N3OS. The molecule has 2 atom stereocenters. The average molecular weight is 261 g/mol. The number of benzene rings is 1. The Labute approximate surface area is 111 Å². The normalized spacial score (nSPS) is 25.6. The lowest BCUT2D eigenvalue weighted by Crippen LogP contribution is -2.52. The molecule has 1 amide bonds. The van der Waals surface area contributed by atoms with E-state index in [0.717, 1.165) is 16.4 Å². The molecule has 0 N–H and O–H groups in total. The van der Waals surface area contributed by atoms with E-state index in [2.05, 4.69) is 9.89 Å². The van der Waals surface area contributed by atoms with Crippen LogP contribution in [0.15, 0.2) is 29.3 Å². The van der Waals surface area contributed by atoms with Crippen LogP contribution in [0.4, 0.5) is 11.4 Å². The van der Waals surface area contributed by atoms with Crippen molar-refractivity contribution in [3.63, 3.8) is 0 Å². The van der Waals surface area contributed by atoms with E-state index in [1.807, 2.05) is 43.1 Å². The molecule has 1 aromatic rings. The zero-order valence-electron chi connectivity index (χ0n) is 10.6. The summed E-state index contributed by atoms with van der Waals surface area (Å²) in [6.45, 7) is 3.62. The zero-order valence-corrected chi connectivity index (χ0v) is 11.4. The number of aliphatic imine (C=N–C) groups is 1. The van der Waals surface area contributed by atoms with Crippen molar-refractivity contribution >= 4 is 34.1 Å². The Morgan fingerprint density at radius 1 is 1.33 bits per heavy atom. The van der Waals surface area contributed by atoms with Crippen molar-refractivity contribution in [3.05, 3.63) is 24.3 Å². The largest absolute Gasteiger partial charge is 0.349 e. The van der Waals surface area contributed by atoms with E-state index in [4.69, 9.17) is 0 Å². The number of para-hydroxylation sites is 2. The Morgan fingerprint density at radius 2 is 2.00 bits per heavy atom. The van der Waals surface area contributed by atoms with Crippen molar-refractivity contribution in [2.45, 2.75) is 25.4 Å². The van der Waals surface area contributed by atoms with Gasteiger partial charge in [-0.1, -0.05) is 23.9 Å². The predicted molar refractivity (Wildman–Crippen MR) is 76.3 cm³/mol. The Bertz CT molecular complexity index is 543. The summed E-state index contributed by atoms with van der Waals surface area (Å²) < 4.78 is 0. The second-order valence-electron chi connectivity index (χ2n) is 4.56. The third-order valence-electron chi connectivity index (χ3n) is 3.37. The Kier molecular flexibility index (Phi) is 2.59. The number of anilines is 2. The highest BCUT2D eigenvalue weighted by Gasteiger charge is 2.43. The molecule has 2 aliphatic heterocycles. The van der Waals surface area contributed by atoms with Crippen molar-refractivity contribution in [2.24, 2.45) is 4.99 Å². The van der Waals surface area contributed by atoms with Crippen molar-refractivity contribution in [3.8, 4) is 0 Å². The molecule has 3 rings (SSSR count). The van der Waals surface area contributed by atoms with E-state index < -0.39 is 0 Å². The van der Waals surface area contributed by atoms with Crippen LogP contribution < -0.4 is 9.80 Å². The first-order valence-electron chi connectivity index (χ1n) is 5.92. The van der Waals surface area contributed by atoms with Crippen LogP contribution in [0.1, 0.15) is 13.8 Å². The van der Waals surface area contributed by atoms with Gasteiger partial charge in [0.25, 0.3) is 0 Å². The van der Waals surface area contributed by atoms with Crippen LogP contribution in [0.5, 0.6) is 0 Å². The van der Waals surface area contributed by atoms with Gasteiger partial charge in [0.1, 0.15) is 5.37 Å². The molecule has 0 spiro atoms. The fraction of sp³-hybridized carbons (Fsp3) is 0.385. The van der Waals surface area contributed by atoms with E-state index >= 15 is 0 Å². The molecule has 0 aliphatic carbocycles. The van der Waals surface area contributed by atoms with Gasteiger partial charge in [-0.15, -0.1) is 0 Å². The van der Waals surface area contributed by atoms with E-state index in [1.165, 1.54) is 0 Å². The Balaban J connectivity index is 2.15. The summed E-state index contributed by atoms with van der Waals surface area (Å²) in [6.07, 6.45) is 0.0220. The van der Waals surface area contributed by atoms with E-state index in [-0.39, 0.29) is 17.4 Å². The number of carbonyl (C=O) groups is 1. The molecule has 1 aromatic carbocycles. The predicted octanol–water partition coefficient (Wildman–Crippen LogP) is 2.31. The number of amides is 1. The first kappa shape index (κ1) is 11.6. The molecule has 0 bridgehead atoms. The first-order chi connectivity index (χ1) is 8.59. The van der Waals surface area contributed by atoms with Gasteiger partial charge in [0.05, 0.1) is 16.4 Å². The maximum absolute atomic E-state index is 12.0. The fourth-order valence-corrected chi connectivity index (χ4v) is 3.83. The maximum Gasteiger partial charge on any atom is 0.225 e. The Morgan fingerprint density at radius 3 is 2.67 bits per heavy atom. The van der Waals surface area contributed by atoms with E-state index in [9.17, 15) is 4.79 Å². The van der Waals surface area contributed by atoms with Gasteiger partial charge in [-0.2, -0.15) is 0 Å². The van der Waals surface area contributed by atoms with Gasteiger partial charge < -0.3 is 4.90 Å². The molecular weight excluding hydrogens is 246 g/mol. The van der Waals surface area contributed by atoms with Gasteiger partial charge in [-0.05, 0) is 19.1 Å². The highest BCUT2D eigenvalue weighted by molar-refractivity contribution is 8.14. The van der Waals surface area contributed by atoms with Gasteiger partial charge in [0.15, 0.2) is 6.17 Å². The number of nitrogens with zero attached hydrogens (tertiary/aromatic N) is 3. The number of fused-ring (bicyclic) bond motifs is 2. The minimum Gasteiger partial charge on any atom is -0.349 e. The maximum atomic E-state index is 12.0. The lowest BCUT2D eigenvalue weighted by atomic mass is 10.1. The second kappa shape index (κ2) is 4.02. The van der Waals surface area contributed by atoms with Crippen molar-refractivity contribution < 1.29 is 4.79 Å². The van der Waals surface area contributed by atoms with Crippen LogP contribution in [0.3, 0.4) is 0 Å². The average Bonchev–Trinajstić information content (AvgIpc) is 2.71. The van der Waals surface area contributed by atoms with Crippen LogP contribution in [0.2, 0.25) is 0 Å². The molecule has 18 heavy (non-hydrogen) atoms. The minimum absolute atomic E-state index is 0.0220. The van der Waals surface area contributed by atoms with Gasteiger partial charge in [-0.3, -0.25) is 14.7 Å². The van der Waals surface area contributed by atoms with Gasteiger partial charge >= 0.3 is 0 Å². The summed E-state index contributed by atoms with van der Waals surface area (Å²) in [4.78, 5) is 20.6. The van der Waals surface area contributed by atoms with Crippen LogP contribution >= 0.6 is 11.8 Å². The van der Waals surface area contributed by atoms with E-state index in [0.29, 0.717) is 0 Å². The molecule has 2 heterocycles. The minimum atomic E-state index is 0.0220. The van der Waals surface area contributed by atoms with Crippen LogP contribution in [0, 0.1) is 0 Å². The van der Waals surface area contributed by atoms with Crippen LogP contribution in [-0.4, -0.2) is 29.5 Å². The molecule has 2 aliphatic rings. The smallest absolute Gasteiger partial charge is 0.225 e. The van der Waals surface area contributed by atoms with Crippen molar-refractivity contribution in [2.75, 3.05) is 16.8 Å². The molecule has 0 fully saturated rings. The lowest BCUT2D eigenvalue weighted by molar-refractivity contribution is -0.116. The number of hydrogen-bond donors (Lipinski definition) is 0. The molecule has 94 valence electrons.